The number of hydrogen-bond acceptors (Lipinski definition) is 5. The number of nitrogens with two attached hydrogens (primary N) is 1. The van der Waals surface area contributed by atoms with Gasteiger partial charge in [-0.3, -0.25) is 9.78 Å². The van der Waals surface area contributed by atoms with Crippen molar-refractivity contribution in [2.75, 3.05) is 5.32 Å². The van der Waals surface area contributed by atoms with E-state index in [4.69, 9.17) is 5.73 Å². The largest absolute Gasteiger partial charge is 0.369 e. The van der Waals surface area contributed by atoms with Gasteiger partial charge in [0, 0.05) is 18.3 Å². The van der Waals surface area contributed by atoms with Crippen LogP contribution >= 0.6 is 0 Å². The molecule has 156 valence electrons. The third-order valence-corrected chi connectivity index (χ3v) is 5.53. The molecule has 1 fully saturated rings. The molecule has 1 saturated carbocycles. The van der Waals surface area contributed by atoms with Crippen LogP contribution in [0.4, 0.5) is 11.6 Å². The summed E-state index contributed by atoms with van der Waals surface area (Å²) in [6, 6.07) is 15.6. The highest BCUT2D eigenvalue weighted by molar-refractivity contribution is 5.77. The third-order valence-electron chi connectivity index (χ3n) is 5.53. The zero-order valence-electron chi connectivity index (χ0n) is 16.9. The molecule has 1 aliphatic carbocycles. The first-order valence-electron chi connectivity index (χ1n) is 10.1. The fraction of sp³-hybridized carbons (Fsp3) is 0.318. The van der Waals surface area contributed by atoms with Crippen molar-refractivity contribution in [2.24, 2.45) is 11.7 Å². The molecule has 0 saturated heterocycles. The lowest BCUT2D eigenvalue weighted by Crippen LogP contribution is -2.38. The second-order valence-electron chi connectivity index (χ2n) is 7.78. The van der Waals surface area contributed by atoms with Crippen LogP contribution in [-0.4, -0.2) is 26.7 Å². The zero-order valence-corrected chi connectivity index (χ0v) is 16.9. The number of anilines is 2. The van der Waals surface area contributed by atoms with E-state index < -0.39 is 0 Å². The number of amides is 1. The second kappa shape index (κ2) is 8.54. The van der Waals surface area contributed by atoms with Crippen molar-refractivity contribution in [3.05, 3.63) is 70.1 Å². The Kier molecular flexibility index (Phi) is 5.67. The fourth-order valence-corrected chi connectivity index (χ4v) is 3.95. The number of benzene rings is 2. The number of primary amides is 1. The van der Waals surface area contributed by atoms with Gasteiger partial charge in [-0.2, -0.15) is 4.68 Å². The summed E-state index contributed by atoms with van der Waals surface area (Å²) in [5.74, 6) is 0.0811. The topological polar surface area (TPSA) is 118 Å². The minimum atomic E-state index is -0.301. The van der Waals surface area contributed by atoms with Crippen molar-refractivity contribution in [1.82, 2.24) is 20.1 Å². The van der Waals surface area contributed by atoms with Crippen molar-refractivity contribution in [2.45, 2.75) is 38.8 Å². The number of hydrogen-bond donors (Lipinski definition) is 4. The van der Waals surface area contributed by atoms with Gasteiger partial charge >= 0.3 is 5.69 Å². The average molecular weight is 406 g/mol. The summed E-state index contributed by atoms with van der Waals surface area (Å²) in [4.78, 5) is 26.5. The van der Waals surface area contributed by atoms with Crippen LogP contribution in [0.3, 0.4) is 0 Å². The maximum atomic E-state index is 12.2. The van der Waals surface area contributed by atoms with Crippen LogP contribution in [0, 0.1) is 12.8 Å². The van der Waals surface area contributed by atoms with Gasteiger partial charge in [0.1, 0.15) is 0 Å². The third kappa shape index (κ3) is 4.44. The molecule has 2 aromatic carbocycles. The molecular weight excluding hydrogens is 380 g/mol. The smallest absolute Gasteiger partial charge is 0.349 e. The molecule has 3 aromatic rings. The number of nitrogens with zero attached hydrogens (tertiary/aromatic N) is 2. The van der Waals surface area contributed by atoms with Crippen LogP contribution < -0.4 is 22.1 Å². The molecule has 1 amide bonds. The van der Waals surface area contributed by atoms with Crippen molar-refractivity contribution in [3.8, 4) is 5.69 Å². The Bertz CT molecular complexity index is 1090. The molecule has 2 atom stereocenters. The number of carbonyl (C=O) groups is 1. The number of carbonyl (C=O) groups excluding carboxylic acids is 1. The van der Waals surface area contributed by atoms with E-state index in [9.17, 15) is 9.59 Å². The number of aromatic amines is 1. The van der Waals surface area contributed by atoms with Gasteiger partial charge in [-0.05, 0) is 55.2 Å². The lowest BCUT2D eigenvalue weighted by atomic mass is 10.0. The van der Waals surface area contributed by atoms with Crippen LogP contribution in [0.2, 0.25) is 0 Å². The van der Waals surface area contributed by atoms with Crippen LogP contribution in [0.5, 0.6) is 0 Å². The minimum absolute atomic E-state index is 0.0775. The van der Waals surface area contributed by atoms with Gasteiger partial charge in [-0.1, -0.05) is 30.7 Å². The van der Waals surface area contributed by atoms with E-state index >= 15 is 0 Å². The summed E-state index contributed by atoms with van der Waals surface area (Å²) in [5.41, 5.74) is 8.88. The van der Waals surface area contributed by atoms with Gasteiger partial charge in [0.05, 0.1) is 11.6 Å². The Hall–Kier alpha value is -3.39. The molecule has 0 radical (unpaired) electrons. The lowest BCUT2D eigenvalue weighted by molar-refractivity contribution is -0.122. The van der Waals surface area contributed by atoms with Gasteiger partial charge in [-0.25, -0.2) is 4.79 Å². The Balaban J connectivity index is 1.39. The van der Waals surface area contributed by atoms with Crippen LogP contribution in [0.15, 0.2) is 53.3 Å². The molecule has 1 aliphatic rings. The van der Waals surface area contributed by atoms with E-state index in [2.05, 4.69) is 20.7 Å². The second-order valence-corrected chi connectivity index (χ2v) is 7.78. The number of aryl methyl sites for hydroxylation is 1. The number of aromatic nitrogens is 3. The summed E-state index contributed by atoms with van der Waals surface area (Å²) in [7, 11) is 0. The summed E-state index contributed by atoms with van der Waals surface area (Å²) < 4.78 is 1.34. The number of nitrogens with one attached hydrogen (secondary N) is 3. The number of rotatable bonds is 7. The van der Waals surface area contributed by atoms with Crippen molar-refractivity contribution < 1.29 is 4.79 Å². The average Bonchev–Trinajstić information content (AvgIpc) is 3.34. The van der Waals surface area contributed by atoms with E-state index in [0.29, 0.717) is 18.2 Å². The highest BCUT2D eigenvalue weighted by Crippen LogP contribution is 2.25. The standard InChI is InChI=1S/C22H26N6O2/c1-14-4-2-5-17(12-14)28-22(30)26-21(27-28)25-16-10-8-15(9-11-16)13-24-19-7-3-6-18(19)20(23)29/h2,4-5,8-12,18-19,24H,3,6-7,13H2,1H3,(H2,23,29)(H2,25,26,27,30)/t18-,19+/m1/s1. The zero-order chi connectivity index (χ0) is 21.1. The molecular formula is C22H26N6O2. The fourth-order valence-electron chi connectivity index (χ4n) is 3.95. The highest BCUT2D eigenvalue weighted by Gasteiger charge is 2.30. The first kappa shape index (κ1) is 19.9. The molecule has 1 heterocycles. The predicted molar refractivity (Wildman–Crippen MR) is 116 cm³/mol. The van der Waals surface area contributed by atoms with E-state index in [0.717, 1.165) is 36.1 Å². The van der Waals surface area contributed by atoms with E-state index in [1.807, 2.05) is 55.5 Å². The quantitative estimate of drug-likeness (QED) is 0.480. The van der Waals surface area contributed by atoms with E-state index in [1.165, 1.54) is 4.68 Å². The van der Waals surface area contributed by atoms with Crippen LogP contribution in [0.25, 0.3) is 5.69 Å². The summed E-state index contributed by atoms with van der Waals surface area (Å²) in [5, 5.41) is 10.9. The normalized spacial score (nSPS) is 18.4. The van der Waals surface area contributed by atoms with E-state index in [1.54, 1.807) is 0 Å². The van der Waals surface area contributed by atoms with Gasteiger partial charge in [0.15, 0.2) is 0 Å². The van der Waals surface area contributed by atoms with E-state index in [-0.39, 0.29) is 23.6 Å². The van der Waals surface area contributed by atoms with Gasteiger partial charge in [0.2, 0.25) is 11.9 Å². The van der Waals surface area contributed by atoms with Crippen LogP contribution in [0.1, 0.15) is 30.4 Å². The summed E-state index contributed by atoms with van der Waals surface area (Å²) in [6.45, 7) is 2.64. The molecule has 0 spiro atoms. The molecule has 30 heavy (non-hydrogen) atoms. The Morgan fingerprint density at radius 1 is 1.23 bits per heavy atom. The molecule has 1 aromatic heterocycles. The first-order valence-corrected chi connectivity index (χ1v) is 10.1. The molecule has 0 unspecified atom stereocenters. The van der Waals surface area contributed by atoms with Gasteiger partial charge < -0.3 is 16.4 Å². The summed E-state index contributed by atoms with van der Waals surface area (Å²) in [6.07, 6.45) is 2.87. The Morgan fingerprint density at radius 3 is 2.77 bits per heavy atom. The molecule has 0 bridgehead atoms. The summed E-state index contributed by atoms with van der Waals surface area (Å²) >= 11 is 0. The van der Waals surface area contributed by atoms with Crippen molar-refractivity contribution >= 4 is 17.5 Å². The Morgan fingerprint density at radius 2 is 2.03 bits per heavy atom. The first-order chi connectivity index (χ1) is 14.5. The predicted octanol–water partition coefficient (Wildman–Crippen LogP) is 2.36. The molecule has 8 heteroatoms. The lowest BCUT2D eigenvalue weighted by Gasteiger charge is -2.18. The molecule has 8 nitrogen and oxygen atoms in total. The number of H-pyrrole nitrogens is 1. The maximum absolute atomic E-state index is 12.2. The molecule has 0 aliphatic heterocycles. The molecule has 4 rings (SSSR count). The Labute approximate surface area is 174 Å². The van der Waals surface area contributed by atoms with Crippen molar-refractivity contribution in [3.63, 3.8) is 0 Å². The highest BCUT2D eigenvalue weighted by atomic mass is 16.2. The van der Waals surface area contributed by atoms with Gasteiger partial charge in [-0.15, -0.1) is 5.10 Å². The van der Waals surface area contributed by atoms with Crippen LogP contribution in [-0.2, 0) is 11.3 Å². The van der Waals surface area contributed by atoms with Crippen molar-refractivity contribution in [1.29, 1.82) is 0 Å². The minimum Gasteiger partial charge on any atom is -0.369 e. The monoisotopic (exact) mass is 406 g/mol. The SMILES string of the molecule is Cc1cccc(-n2nc(Nc3ccc(CN[C@H]4CCC[C@H]4C(N)=O)cc3)[nH]c2=O)c1. The van der Waals surface area contributed by atoms with Gasteiger partial charge in [0.25, 0.3) is 0 Å². The maximum Gasteiger partial charge on any atom is 0.349 e. The molecule has 5 N–H and O–H groups in total.